The molecule has 0 unspecified atom stereocenters. The Hall–Kier alpha value is -4.44. The summed E-state index contributed by atoms with van der Waals surface area (Å²) in [6.07, 6.45) is 1.60. The van der Waals surface area contributed by atoms with Crippen LogP contribution in [0.3, 0.4) is 0 Å². The number of ketones is 2. The highest BCUT2D eigenvalue weighted by molar-refractivity contribution is 7.18. The number of carbonyl (C=O) groups excluding carboxylic acids is 3. The molecule has 1 atom stereocenters. The lowest BCUT2D eigenvalue weighted by molar-refractivity contribution is -0.132. The van der Waals surface area contributed by atoms with Crippen LogP contribution < -0.4 is 19.1 Å². The van der Waals surface area contributed by atoms with Gasteiger partial charge < -0.3 is 19.3 Å². The fraction of sp³-hybridized carbons (Fsp3) is 0.214. The molecule has 1 saturated heterocycles. The molecular weight excluding hydrogens is 508 g/mol. The molecule has 2 aromatic carbocycles. The average molecular weight is 533 g/mol. The number of nitrogens with zero attached hydrogens (tertiary/aromatic N) is 2. The molecule has 1 N–H and O–H groups in total. The molecule has 0 spiro atoms. The van der Waals surface area contributed by atoms with Gasteiger partial charge in [0.05, 0.1) is 22.2 Å². The first-order valence-electron chi connectivity index (χ1n) is 11.8. The number of aromatic nitrogens is 1. The number of aliphatic hydroxyl groups is 1. The number of Topliss-reactive ketones (excluding diaryl/α,β-unsaturated/α-hetero) is 2. The fourth-order valence-electron chi connectivity index (χ4n) is 4.43. The van der Waals surface area contributed by atoms with Crippen LogP contribution in [0, 0.1) is 6.92 Å². The van der Waals surface area contributed by atoms with E-state index in [1.807, 2.05) is 0 Å². The van der Waals surface area contributed by atoms with Crippen LogP contribution in [0.25, 0.3) is 5.76 Å². The quantitative estimate of drug-likeness (QED) is 0.154. The largest absolute Gasteiger partial charge is 0.507 e. The third-order valence-electron chi connectivity index (χ3n) is 6.11. The van der Waals surface area contributed by atoms with Crippen molar-refractivity contribution in [3.05, 3.63) is 82.4 Å². The van der Waals surface area contributed by atoms with Crippen molar-refractivity contribution in [2.45, 2.75) is 19.9 Å². The van der Waals surface area contributed by atoms with Gasteiger partial charge in [-0.15, -0.1) is 0 Å². The van der Waals surface area contributed by atoms with Crippen molar-refractivity contribution in [2.75, 3.05) is 24.7 Å². The highest BCUT2D eigenvalue weighted by Gasteiger charge is 2.48. The smallest absolute Gasteiger partial charge is 0.301 e. The SMILES string of the molecule is C=CCOc1cccc([C@H]2/C(=C(\O)c3ccc4c(c3)OCCO4)C(=O)C(=O)N2c2nc(C)c(C(C)=O)s2)c1. The second-order valence-corrected chi connectivity index (χ2v) is 9.64. The Kier molecular flexibility index (Phi) is 6.73. The molecule has 3 aromatic rings. The molecule has 2 aliphatic rings. The van der Waals surface area contributed by atoms with Gasteiger partial charge in [-0.3, -0.25) is 19.3 Å². The molecule has 3 heterocycles. The maximum absolute atomic E-state index is 13.5. The number of carbonyl (C=O) groups is 3. The molecule has 1 amide bonds. The molecule has 0 bridgehead atoms. The number of rotatable bonds is 7. The summed E-state index contributed by atoms with van der Waals surface area (Å²) in [4.78, 5) is 45.1. The number of benzene rings is 2. The number of aryl methyl sites for hydroxylation is 1. The monoisotopic (exact) mass is 532 g/mol. The van der Waals surface area contributed by atoms with E-state index in [1.54, 1.807) is 55.5 Å². The summed E-state index contributed by atoms with van der Waals surface area (Å²) in [6, 6.07) is 10.7. The van der Waals surface area contributed by atoms with Crippen molar-refractivity contribution in [3.8, 4) is 17.2 Å². The highest BCUT2D eigenvalue weighted by atomic mass is 32.1. The molecule has 0 aliphatic carbocycles. The number of hydrogen-bond acceptors (Lipinski definition) is 9. The molecule has 10 heteroatoms. The molecule has 1 aromatic heterocycles. The molecule has 9 nitrogen and oxygen atoms in total. The number of fused-ring (bicyclic) bond motifs is 1. The van der Waals surface area contributed by atoms with Crippen molar-refractivity contribution in [2.24, 2.45) is 0 Å². The van der Waals surface area contributed by atoms with Crippen LogP contribution in [0.1, 0.15) is 39.5 Å². The third-order valence-corrected chi connectivity index (χ3v) is 7.37. The zero-order valence-corrected chi connectivity index (χ0v) is 21.5. The van der Waals surface area contributed by atoms with Gasteiger partial charge >= 0.3 is 5.91 Å². The van der Waals surface area contributed by atoms with Gasteiger partial charge in [0.25, 0.3) is 5.78 Å². The first-order valence-corrected chi connectivity index (χ1v) is 12.6. The van der Waals surface area contributed by atoms with Crippen LogP contribution in [-0.4, -0.2) is 47.4 Å². The van der Waals surface area contributed by atoms with Crippen LogP contribution in [0.4, 0.5) is 5.13 Å². The molecular formula is C28H24N2O7S. The van der Waals surface area contributed by atoms with Crippen LogP contribution in [0.2, 0.25) is 0 Å². The number of hydrogen-bond donors (Lipinski definition) is 1. The number of amides is 1. The van der Waals surface area contributed by atoms with Crippen molar-refractivity contribution in [1.29, 1.82) is 0 Å². The second kappa shape index (κ2) is 10.1. The molecule has 0 saturated carbocycles. The van der Waals surface area contributed by atoms with E-state index in [9.17, 15) is 19.5 Å². The Morgan fingerprint density at radius 3 is 2.68 bits per heavy atom. The normalized spacial score (nSPS) is 17.9. The number of anilines is 1. The fourth-order valence-corrected chi connectivity index (χ4v) is 5.42. The minimum absolute atomic E-state index is 0.121. The van der Waals surface area contributed by atoms with Gasteiger partial charge in [-0.2, -0.15) is 0 Å². The maximum atomic E-state index is 13.5. The van der Waals surface area contributed by atoms with Crippen molar-refractivity contribution in [1.82, 2.24) is 4.98 Å². The van der Waals surface area contributed by atoms with Crippen LogP contribution in [-0.2, 0) is 9.59 Å². The average Bonchev–Trinajstić information content (AvgIpc) is 3.43. The molecule has 38 heavy (non-hydrogen) atoms. The first-order chi connectivity index (χ1) is 18.3. The topological polar surface area (TPSA) is 115 Å². The lowest BCUT2D eigenvalue weighted by Gasteiger charge is -2.23. The number of aliphatic hydroxyl groups excluding tert-OH is 1. The molecule has 0 radical (unpaired) electrons. The van der Waals surface area contributed by atoms with E-state index in [1.165, 1.54) is 11.8 Å². The zero-order chi connectivity index (χ0) is 27.0. The van der Waals surface area contributed by atoms with Crippen LogP contribution in [0.5, 0.6) is 17.2 Å². The zero-order valence-electron chi connectivity index (χ0n) is 20.7. The Bertz CT molecular complexity index is 1510. The van der Waals surface area contributed by atoms with E-state index in [0.717, 1.165) is 11.3 Å². The summed E-state index contributed by atoms with van der Waals surface area (Å²) in [6.45, 7) is 7.75. The minimum atomic E-state index is -1.03. The molecule has 5 rings (SSSR count). The van der Waals surface area contributed by atoms with E-state index in [-0.39, 0.29) is 34.4 Å². The van der Waals surface area contributed by atoms with Gasteiger partial charge in [-0.25, -0.2) is 4.98 Å². The summed E-state index contributed by atoms with van der Waals surface area (Å²) in [7, 11) is 0. The van der Waals surface area contributed by atoms with E-state index in [2.05, 4.69) is 11.6 Å². The summed E-state index contributed by atoms with van der Waals surface area (Å²) < 4.78 is 16.9. The standard InChI is InChI=1S/C28H24N2O7S/c1-4-10-35-19-7-5-6-17(13-19)23-22(24(32)18-8-9-20-21(14-18)37-12-11-36-20)25(33)27(34)30(23)28-29-15(2)26(38-28)16(3)31/h4-9,13-14,23,32H,1,10-12H2,2-3H3/b24-22+/t23-/m0/s1. The van der Waals surface area contributed by atoms with Crippen LogP contribution >= 0.6 is 11.3 Å². The third kappa shape index (κ3) is 4.43. The Balaban J connectivity index is 1.69. The van der Waals surface area contributed by atoms with Gasteiger partial charge in [0, 0.05) is 12.5 Å². The Labute approximate surface area is 222 Å². The predicted molar refractivity (Wildman–Crippen MR) is 141 cm³/mol. The molecule has 2 aliphatic heterocycles. The van der Waals surface area contributed by atoms with Crippen molar-refractivity contribution in [3.63, 3.8) is 0 Å². The summed E-state index contributed by atoms with van der Waals surface area (Å²) in [5, 5.41) is 11.6. The van der Waals surface area contributed by atoms with Crippen LogP contribution in [0.15, 0.2) is 60.7 Å². The number of ether oxygens (including phenoxy) is 3. The van der Waals surface area contributed by atoms with Gasteiger partial charge in [-0.1, -0.05) is 36.1 Å². The minimum Gasteiger partial charge on any atom is -0.507 e. The lowest BCUT2D eigenvalue weighted by atomic mass is 9.95. The summed E-state index contributed by atoms with van der Waals surface area (Å²) in [5.74, 6) is -0.875. The summed E-state index contributed by atoms with van der Waals surface area (Å²) >= 11 is 1.02. The lowest BCUT2D eigenvalue weighted by Crippen LogP contribution is -2.29. The van der Waals surface area contributed by atoms with Crippen molar-refractivity contribution < 1.29 is 33.7 Å². The predicted octanol–water partition coefficient (Wildman–Crippen LogP) is 4.62. The van der Waals surface area contributed by atoms with Crippen molar-refractivity contribution >= 4 is 39.7 Å². The first kappa shape index (κ1) is 25.2. The van der Waals surface area contributed by atoms with Gasteiger partial charge in [-0.05, 0) is 42.8 Å². The summed E-state index contributed by atoms with van der Waals surface area (Å²) in [5.41, 5.74) is 1.14. The van der Waals surface area contributed by atoms with Gasteiger partial charge in [0.15, 0.2) is 22.4 Å². The molecule has 194 valence electrons. The number of thiazole rings is 1. The van der Waals surface area contributed by atoms with E-state index in [0.29, 0.717) is 46.6 Å². The second-order valence-electron chi connectivity index (χ2n) is 8.67. The van der Waals surface area contributed by atoms with E-state index >= 15 is 0 Å². The van der Waals surface area contributed by atoms with Gasteiger partial charge in [0.1, 0.15) is 31.3 Å². The Morgan fingerprint density at radius 1 is 1.21 bits per heavy atom. The highest BCUT2D eigenvalue weighted by Crippen LogP contribution is 2.45. The van der Waals surface area contributed by atoms with E-state index in [4.69, 9.17) is 14.2 Å². The van der Waals surface area contributed by atoms with Gasteiger partial charge in [0.2, 0.25) is 0 Å². The molecule has 1 fully saturated rings. The Morgan fingerprint density at radius 2 is 1.97 bits per heavy atom. The maximum Gasteiger partial charge on any atom is 0.301 e. The van der Waals surface area contributed by atoms with E-state index < -0.39 is 17.7 Å².